The van der Waals surface area contributed by atoms with Crippen molar-refractivity contribution in [1.29, 1.82) is 0 Å². The van der Waals surface area contributed by atoms with E-state index in [4.69, 9.17) is 16.0 Å². The molecule has 0 fully saturated rings. The van der Waals surface area contributed by atoms with Crippen LogP contribution in [0.2, 0.25) is 5.02 Å². The molecule has 116 valence electrons. The lowest BCUT2D eigenvalue weighted by molar-refractivity contribution is 0.0991. The van der Waals surface area contributed by atoms with Crippen LogP contribution >= 0.6 is 11.6 Å². The van der Waals surface area contributed by atoms with E-state index in [2.05, 4.69) is 15.5 Å². The van der Waals surface area contributed by atoms with Gasteiger partial charge >= 0.3 is 11.8 Å². The molecule has 0 spiro atoms. The van der Waals surface area contributed by atoms with Crippen molar-refractivity contribution in [1.82, 2.24) is 10.2 Å². The summed E-state index contributed by atoms with van der Waals surface area (Å²) in [6.45, 7) is 0. The quantitative estimate of drug-likeness (QED) is 0.787. The van der Waals surface area contributed by atoms with Gasteiger partial charge in [0.2, 0.25) is 0 Å². The van der Waals surface area contributed by atoms with E-state index in [9.17, 15) is 13.6 Å². The summed E-state index contributed by atoms with van der Waals surface area (Å²) in [4.78, 5) is 12.0. The van der Waals surface area contributed by atoms with Crippen molar-refractivity contribution in [2.75, 3.05) is 5.32 Å². The average Bonchev–Trinajstić information content (AvgIpc) is 3.01. The van der Waals surface area contributed by atoms with E-state index in [0.717, 1.165) is 6.07 Å². The van der Waals surface area contributed by atoms with E-state index in [1.807, 2.05) is 0 Å². The molecule has 0 bridgehead atoms. The largest absolute Gasteiger partial charge is 0.412 e. The van der Waals surface area contributed by atoms with Crippen LogP contribution in [-0.2, 0) is 0 Å². The Labute approximate surface area is 133 Å². The summed E-state index contributed by atoms with van der Waals surface area (Å²) in [6.07, 6.45) is 0. The lowest BCUT2D eigenvalue weighted by Gasteiger charge is -2.03. The summed E-state index contributed by atoms with van der Waals surface area (Å²) in [7, 11) is 0. The van der Waals surface area contributed by atoms with Gasteiger partial charge in [-0.05, 0) is 30.3 Å². The third-order valence-electron chi connectivity index (χ3n) is 2.90. The molecule has 1 amide bonds. The summed E-state index contributed by atoms with van der Waals surface area (Å²) in [5.41, 5.74) is 0.343. The van der Waals surface area contributed by atoms with E-state index >= 15 is 0 Å². The number of benzene rings is 2. The van der Waals surface area contributed by atoms with Gasteiger partial charge < -0.3 is 9.73 Å². The van der Waals surface area contributed by atoms with Crippen LogP contribution in [0.5, 0.6) is 0 Å². The Bertz CT molecular complexity index is 883. The first kappa shape index (κ1) is 15.1. The van der Waals surface area contributed by atoms with Crippen LogP contribution in [0.25, 0.3) is 11.5 Å². The predicted octanol–water partition coefficient (Wildman–Crippen LogP) is 3.92. The van der Waals surface area contributed by atoms with Crippen molar-refractivity contribution in [2.24, 2.45) is 0 Å². The number of nitrogens with zero attached hydrogens (tertiary/aromatic N) is 2. The molecule has 1 N–H and O–H groups in total. The smallest absolute Gasteiger partial charge is 0.313 e. The van der Waals surface area contributed by atoms with Crippen molar-refractivity contribution in [3.05, 3.63) is 65.0 Å². The topological polar surface area (TPSA) is 68.0 Å². The molecular weight excluding hydrogens is 328 g/mol. The number of carbonyl (C=O) groups excluding carboxylic acids is 1. The van der Waals surface area contributed by atoms with Gasteiger partial charge in [0.25, 0.3) is 5.89 Å². The Morgan fingerprint density at radius 3 is 2.61 bits per heavy atom. The third kappa shape index (κ3) is 3.19. The molecule has 1 heterocycles. The van der Waals surface area contributed by atoms with Crippen LogP contribution in [0.1, 0.15) is 10.7 Å². The van der Waals surface area contributed by atoms with Gasteiger partial charge in [-0.1, -0.05) is 23.7 Å². The van der Waals surface area contributed by atoms with Gasteiger partial charge in [-0.15, -0.1) is 10.2 Å². The Morgan fingerprint density at radius 2 is 1.87 bits per heavy atom. The summed E-state index contributed by atoms with van der Waals surface area (Å²) in [5.74, 6) is -2.35. The van der Waals surface area contributed by atoms with E-state index in [0.29, 0.717) is 0 Å². The molecule has 0 radical (unpaired) electrons. The maximum absolute atomic E-state index is 13.6. The first-order valence-corrected chi connectivity index (χ1v) is 6.77. The molecule has 0 atom stereocenters. The fourth-order valence-electron chi connectivity index (χ4n) is 1.82. The maximum atomic E-state index is 13.6. The zero-order valence-electron chi connectivity index (χ0n) is 11.4. The fraction of sp³-hybridized carbons (Fsp3) is 0. The fourth-order valence-corrected chi connectivity index (χ4v) is 2.00. The highest BCUT2D eigenvalue weighted by Crippen LogP contribution is 2.22. The molecule has 3 aromatic rings. The number of nitrogens with one attached hydrogen (secondary N) is 1. The van der Waals surface area contributed by atoms with Crippen LogP contribution in [0.15, 0.2) is 46.9 Å². The molecule has 2 aromatic carbocycles. The zero-order chi connectivity index (χ0) is 16.4. The Hall–Kier alpha value is -2.80. The predicted molar refractivity (Wildman–Crippen MR) is 79.1 cm³/mol. The third-order valence-corrected chi connectivity index (χ3v) is 3.19. The van der Waals surface area contributed by atoms with Gasteiger partial charge in [-0.2, -0.15) is 0 Å². The standard InChI is InChI=1S/C15H8ClF2N3O2/c16-10-7-8(5-6-12(10)18)19-13(22)15-21-20-14(23-15)9-3-1-2-4-11(9)17/h1-7H,(H,19,22). The molecule has 1 aromatic heterocycles. The normalized spacial score (nSPS) is 10.6. The number of anilines is 1. The van der Waals surface area contributed by atoms with Gasteiger partial charge in [0.15, 0.2) is 0 Å². The van der Waals surface area contributed by atoms with Gasteiger partial charge in [0.1, 0.15) is 11.6 Å². The van der Waals surface area contributed by atoms with Crippen LogP contribution in [0.4, 0.5) is 14.5 Å². The lowest BCUT2D eigenvalue weighted by atomic mass is 10.2. The molecule has 23 heavy (non-hydrogen) atoms. The van der Waals surface area contributed by atoms with Gasteiger partial charge in [0, 0.05) is 5.69 Å². The van der Waals surface area contributed by atoms with Crippen molar-refractivity contribution in [3.63, 3.8) is 0 Å². The molecule has 0 aliphatic heterocycles. The minimum atomic E-state index is -0.720. The zero-order valence-corrected chi connectivity index (χ0v) is 12.1. The van der Waals surface area contributed by atoms with Crippen LogP contribution in [-0.4, -0.2) is 16.1 Å². The van der Waals surface area contributed by atoms with Gasteiger partial charge in [-0.3, -0.25) is 4.79 Å². The van der Waals surface area contributed by atoms with Crippen molar-refractivity contribution in [2.45, 2.75) is 0 Å². The van der Waals surface area contributed by atoms with Crippen LogP contribution < -0.4 is 5.32 Å². The molecule has 0 aliphatic carbocycles. The minimum absolute atomic E-state index is 0.0869. The Morgan fingerprint density at radius 1 is 1.09 bits per heavy atom. The number of halogens is 3. The van der Waals surface area contributed by atoms with E-state index < -0.39 is 17.5 Å². The van der Waals surface area contributed by atoms with E-state index in [1.54, 1.807) is 6.07 Å². The minimum Gasteiger partial charge on any atom is -0.412 e. The summed E-state index contributed by atoms with van der Waals surface area (Å²) in [6, 6.07) is 9.47. The Kier molecular flexibility index (Phi) is 4.03. The molecule has 0 saturated carbocycles. The summed E-state index contributed by atoms with van der Waals surface area (Å²) in [5, 5.41) is 9.49. The number of aromatic nitrogens is 2. The van der Waals surface area contributed by atoms with Crippen LogP contribution in [0, 0.1) is 11.6 Å². The van der Waals surface area contributed by atoms with Crippen molar-refractivity contribution in [3.8, 4) is 11.5 Å². The van der Waals surface area contributed by atoms with Crippen molar-refractivity contribution < 1.29 is 18.0 Å². The number of amides is 1. The first-order valence-electron chi connectivity index (χ1n) is 6.39. The first-order chi connectivity index (χ1) is 11.0. The lowest BCUT2D eigenvalue weighted by Crippen LogP contribution is -2.12. The summed E-state index contributed by atoms with van der Waals surface area (Å²) < 4.78 is 31.9. The molecular formula is C15H8ClF2N3O2. The maximum Gasteiger partial charge on any atom is 0.313 e. The summed E-state index contributed by atoms with van der Waals surface area (Å²) >= 11 is 5.63. The second kappa shape index (κ2) is 6.13. The average molecular weight is 336 g/mol. The molecule has 0 unspecified atom stereocenters. The van der Waals surface area contributed by atoms with E-state index in [1.165, 1.54) is 30.3 Å². The number of rotatable bonds is 3. The van der Waals surface area contributed by atoms with Crippen LogP contribution in [0.3, 0.4) is 0 Å². The Balaban J connectivity index is 1.81. The van der Waals surface area contributed by atoms with E-state index in [-0.39, 0.29) is 28.1 Å². The van der Waals surface area contributed by atoms with Crippen molar-refractivity contribution >= 4 is 23.2 Å². The molecule has 0 aliphatic rings. The number of hydrogen-bond donors (Lipinski definition) is 1. The number of hydrogen-bond acceptors (Lipinski definition) is 4. The molecule has 0 saturated heterocycles. The highest BCUT2D eigenvalue weighted by molar-refractivity contribution is 6.31. The second-order valence-electron chi connectivity index (χ2n) is 4.48. The van der Waals surface area contributed by atoms with Gasteiger partial charge in [-0.25, -0.2) is 8.78 Å². The monoisotopic (exact) mass is 335 g/mol. The number of carbonyl (C=O) groups is 1. The SMILES string of the molecule is O=C(Nc1ccc(F)c(Cl)c1)c1nnc(-c2ccccc2F)o1. The molecule has 8 heteroatoms. The van der Waals surface area contributed by atoms with Gasteiger partial charge in [0.05, 0.1) is 10.6 Å². The highest BCUT2D eigenvalue weighted by Gasteiger charge is 2.18. The molecule has 5 nitrogen and oxygen atoms in total. The molecule has 3 rings (SSSR count). The highest BCUT2D eigenvalue weighted by atomic mass is 35.5. The second-order valence-corrected chi connectivity index (χ2v) is 4.88.